The second kappa shape index (κ2) is 2.71. The summed E-state index contributed by atoms with van der Waals surface area (Å²) in [4.78, 5) is 0. The summed E-state index contributed by atoms with van der Waals surface area (Å²) in [6.07, 6.45) is 0.677. The summed E-state index contributed by atoms with van der Waals surface area (Å²) in [5.74, 6) is 0. The number of halogens is 1. The van der Waals surface area contributed by atoms with Crippen LogP contribution >= 0.6 is 18.2 Å². The van der Waals surface area contributed by atoms with Gasteiger partial charge in [-0.05, 0) is 27.7 Å². The Morgan fingerprint density at radius 3 is 1.75 bits per heavy atom. The van der Waals surface area contributed by atoms with E-state index in [0.717, 1.165) is 0 Å². The molecule has 1 saturated heterocycles. The van der Waals surface area contributed by atoms with Gasteiger partial charge in [0.2, 0.25) is 0 Å². The van der Waals surface area contributed by atoms with Crippen molar-refractivity contribution in [2.75, 3.05) is 0 Å². The summed E-state index contributed by atoms with van der Waals surface area (Å²) >= 11 is 5.55. The SMILES string of the molecule is CC1(C)CC(C)(C)OP(=O)(Cl)O1. The van der Waals surface area contributed by atoms with E-state index in [1.54, 1.807) is 0 Å². The Balaban J connectivity index is 2.88. The van der Waals surface area contributed by atoms with Crippen LogP contribution in [0.5, 0.6) is 0 Å². The summed E-state index contributed by atoms with van der Waals surface area (Å²) in [7, 11) is 0. The summed E-state index contributed by atoms with van der Waals surface area (Å²) < 4.78 is 21.6. The summed E-state index contributed by atoms with van der Waals surface area (Å²) in [6.45, 7) is 4.06. The van der Waals surface area contributed by atoms with E-state index >= 15 is 0 Å². The third-order valence-electron chi connectivity index (χ3n) is 1.56. The largest absolute Gasteiger partial charge is 0.425 e. The molecule has 0 spiro atoms. The molecule has 12 heavy (non-hydrogen) atoms. The Labute approximate surface area is 77.7 Å². The fraction of sp³-hybridized carbons (Fsp3) is 1.00. The van der Waals surface area contributed by atoms with Gasteiger partial charge in [0.15, 0.2) is 0 Å². The van der Waals surface area contributed by atoms with Crippen molar-refractivity contribution >= 4 is 18.2 Å². The van der Waals surface area contributed by atoms with Crippen molar-refractivity contribution in [2.45, 2.75) is 45.3 Å². The molecule has 0 aliphatic carbocycles. The highest BCUT2D eigenvalue weighted by molar-refractivity contribution is 7.81. The van der Waals surface area contributed by atoms with Crippen LogP contribution in [0.4, 0.5) is 0 Å². The van der Waals surface area contributed by atoms with Gasteiger partial charge in [0.05, 0.1) is 11.2 Å². The van der Waals surface area contributed by atoms with E-state index in [4.69, 9.17) is 20.3 Å². The minimum absolute atomic E-state index is 0.473. The molecule has 1 fully saturated rings. The molecule has 5 heteroatoms. The lowest BCUT2D eigenvalue weighted by Crippen LogP contribution is -2.40. The van der Waals surface area contributed by atoms with Gasteiger partial charge in [0.1, 0.15) is 0 Å². The number of rotatable bonds is 0. The van der Waals surface area contributed by atoms with Crippen LogP contribution in [0, 0.1) is 0 Å². The molecule has 0 unspecified atom stereocenters. The smallest absolute Gasteiger partial charge is 0.291 e. The predicted octanol–water partition coefficient (Wildman–Crippen LogP) is 3.33. The zero-order valence-corrected chi connectivity index (χ0v) is 9.41. The van der Waals surface area contributed by atoms with Gasteiger partial charge < -0.3 is 0 Å². The molecule has 1 heterocycles. The molecule has 0 N–H and O–H groups in total. The highest BCUT2D eigenvalue weighted by atomic mass is 35.7. The van der Waals surface area contributed by atoms with Crippen molar-refractivity contribution in [1.82, 2.24) is 0 Å². The zero-order valence-electron chi connectivity index (χ0n) is 7.76. The molecule has 0 bridgehead atoms. The second-order valence-corrected chi connectivity index (χ2v) is 6.78. The highest BCUT2D eigenvalue weighted by Gasteiger charge is 2.45. The van der Waals surface area contributed by atoms with Gasteiger partial charge in [0.25, 0.3) is 0 Å². The maximum absolute atomic E-state index is 11.4. The molecule has 1 aliphatic rings. The van der Waals surface area contributed by atoms with Crippen molar-refractivity contribution in [1.29, 1.82) is 0 Å². The molecule has 1 aliphatic heterocycles. The fourth-order valence-electron chi connectivity index (χ4n) is 1.70. The molecule has 1 rings (SSSR count). The molecule has 0 aromatic heterocycles. The molecule has 3 nitrogen and oxygen atoms in total. The first-order valence-electron chi connectivity index (χ1n) is 3.83. The zero-order chi connectivity index (χ0) is 9.62. The van der Waals surface area contributed by atoms with E-state index in [1.807, 2.05) is 27.7 Å². The van der Waals surface area contributed by atoms with Gasteiger partial charge in [0, 0.05) is 17.7 Å². The topological polar surface area (TPSA) is 35.5 Å². The lowest BCUT2D eigenvalue weighted by atomic mass is 9.93. The van der Waals surface area contributed by atoms with Crippen LogP contribution in [0.3, 0.4) is 0 Å². The van der Waals surface area contributed by atoms with Gasteiger partial charge in [-0.1, -0.05) is 0 Å². The summed E-state index contributed by atoms with van der Waals surface area (Å²) in [6, 6.07) is 0. The van der Waals surface area contributed by atoms with E-state index in [2.05, 4.69) is 0 Å². The lowest BCUT2D eigenvalue weighted by Gasteiger charge is -2.41. The first kappa shape index (κ1) is 10.5. The fourth-order valence-corrected chi connectivity index (χ4v) is 4.17. The van der Waals surface area contributed by atoms with E-state index in [9.17, 15) is 4.57 Å². The van der Waals surface area contributed by atoms with Crippen molar-refractivity contribution in [3.05, 3.63) is 0 Å². The number of hydrogen-bond donors (Lipinski definition) is 0. The van der Waals surface area contributed by atoms with E-state index < -0.39 is 18.2 Å². The summed E-state index contributed by atoms with van der Waals surface area (Å²) in [5, 5.41) is 0. The standard InChI is InChI=1S/C7H14ClO3P/c1-6(2)5-7(3,4)11-12(8,9)10-6/h5H2,1-4H3. The first-order valence-corrected chi connectivity index (χ1v) is 6.28. The van der Waals surface area contributed by atoms with Gasteiger partial charge in [-0.15, -0.1) is 0 Å². The monoisotopic (exact) mass is 212 g/mol. The van der Waals surface area contributed by atoms with E-state index in [0.29, 0.717) is 6.42 Å². The molecule has 72 valence electrons. The Hall–Kier alpha value is 0.440. The van der Waals surface area contributed by atoms with Gasteiger partial charge in [-0.2, -0.15) is 0 Å². The first-order chi connectivity index (χ1) is 5.12. The van der Waals surface area contributed by atoms with Crippen LogP contribution in [-0.4, -0.2) is 11.2 Å². The Morgan fingerprint density at radius 2 is 1.50 bits per heavy atom. The van der Waals surface area contributed by atoms with Crippen LogP contribution in [0.25, 0.3) is 0 Å². The Bertz CT molecular complexity index is 217. The Morgan fingerprint density at radius 1 is 1.17 bits per heavy atom. The number of hydrogen-bond acceptors (Lipinski definition) is 3. The van der Waals surface area contributed by atoms with Crippen LogP contribution in [-0.2, 0) is 13.6 Å². The average Bonchev–Trinajstić information content (AvgIpc) is 1.44. The van der Waals surface area contributed by atoms with Gasteiger partial charge >= 0.3 is 6.95 Å². The molecule has 0 aromatic carbocycles. The predicted molar refractivity (Wildman–Crippen MR) is 48.4 cm³/mol. The van der Waals surface area contributed by atoms with Crippen molar-refractivity contribution in [3.63, 3.8) is 0 Å². The molecule has 0 saturated carbocycles. The van der Waals surface area contributed by atoms with Crippen LogP contribution < -0.4 is 0 Å². The Kier molecular flexibility index (Phi) is 2.38. The maximum atomic E-state index is 11.4. The molecule has 0 amide bonds. The maximum Gasteiger partial charge on any atom is 0.425 e. The van der Waals surface area contributed by atoms with E-state index in [1.165, 1.54) is 0 Å². The van der Waals surface area contributed by atoms with Crippen molar-refractivity contribution in [3.8, 4) is 0 Å². The van der Waals surface area contributed by atoms with Crippen molar-refractivity contribution < 1.29 is 13.6 Å². The summed E-state index contributed by atoms with van der Waals surface area (Å²) in [5.41, 5.74) is -0.946. The highest BCUT2D eigenvalue weighted by Crippen LogP contribution is 2.63. The van der Waals surface area contributed by atoms with Crippen LogP contribution in [0.15, 0.2) is 0 Å². The second-order valence-electron chi connectivity index (χ2n) is 4.31. The molecule has 0 aromatic rings. The molecular weight excluding hydrogens is 199 g/mol. The third kappa shape index (κ3) is 2.74. The third-order valence-corrected chi connectivity index (χ3v) is 3.40. The quantitative estimate of drug-likeness (QED) is 0.578. The minimum atomic E-state index is -3.36. The van der Waals surface area contributed by atoms with Crippen LogP contribution in [0.1, 0.15) is 34.1 Å². The normalized spacial score (nSPS) is 31.4. The lowest BCUT2D eigenvalue weighted by molar-refractivity contribution is -0.0547. The average molecular weight is 213 g/mol. The molecule has 0 radical (unpaired) electrons. The van der Waals surface area contributed by atoms with Crippen LogP contribution in [0.2, 0.25) is 0 Å². The molecular formula is C7H14ClO3P. The minimum Gasteiger partial charge on any atom is -0.291 e. The van der Waals surface area contributed by atoms with Crippen molar-refractivity contribution in [2.24, 2.45) is 0 Å². The van der Waals surface area contributed by atoms with E-state index in [-0.39, 0.29) is 0 Å². The van der Waals surface area contributed by atoms with Gasteiger partial charge in [-0.25, -0.2) is 4.57 Å². The van der Waals surface area contributed by atoms with Gasteiger partial charge in [-0.3, -0.25) is 9.05 Å². The molecule has 0 atom stereocenters.